The molecular formula is C14H19NO3. The molecule has 1 atom stereocenters. The van der Waals surface area contributed by atoms with Gasteiger partial charge in [-0.25, -0.2) is 0 Å². The van der Waals surface area contributed by atoms with Crippen molar-refractivity contribution >= 4 is 11.7 Å². The molecule has 1 amide bonds. The molecule has 0 aliphatic carbocycles. The summed E-state index contributed by atoms with van der Waals surface area (Å²) in [7, 11) is 0. The van der Waals surface area contributed by atoms with E-state index in [4.69, 9.17) is 4.42 Å². The molecule has 98 valence electrons. The maximum Gasteiger partial charge on any atom is 0.289 e. The Morgan fingerprint density at radius 2 is 2.22 bits per heavy atom. The summed E-state index contributed by atoms with van der Waals surface area (Å²) in [6.45, 7) is 2.30. The summed E-state index contributed by atoms with van der Waals surface area (Å²) in [5.41, 5.74) is 0. The van der Waals surface area contributed by atoms with E-state index in [1.807, 2.05) is 4.90 Å². The lowest BCUT2D eigenvalue weighted by molar-refractivity contribution is -0.118. The SMILES string of the molecule is CC(=O)CC1CCCCCN1C(=O)c1ccco1. The van der Waals surface area contributed by atoms with Crippen LogP contribution < -0.4 is 0 Å². The number of carbonyl (C=O) groups is 2. The van der Waals surface area contributed by atoms with E-state index < -0.39 is 0 Å². The van der Waals surface area contributed by atoms with Gasteiger partial charge in [-0.3, -0.25) is 9.59 Å². The third kappa shape index (κ3) is 3.00. The van der Waals surface area contributed by atoms with Crippen LogP contribution in [-0.2, 0) is 4.79 Å². The van der Waals surface area contributed by atoms with Gasteiger partial charge < -0.3 is 9.32 Å². The second-order valence-corrected chi connectivity index (χ2v) is 4.89. The van der Waals surface area contributed by atoms with Crippen LogP contribution in [0.3, 0.4) is 0 Å². The maximum atomic E-state index is 12.3. The average molecular weight is 249 g/mol. The Kier molecular flexibility index (Phi) is 4.18. The molecule has 1 aromatic heterocycles. The van der Waals surface area contributed by atoms with Gasteiger partial charge in [-0.15, -0.1) is 0 Å². The molecule has 0 bridgehead atoms. The number of hydrogen-bond donors (Lipinski definition) is 0. The van der Waals surface area contributed by atoms with Crippen LogP contribution in [0.4, 0.5) is 0 Å². The zero-order valence-electron chi connectivity index (χ0n) is 10.7. The van der Waals surface area contributed by atoms with Crippen molar-refractivity contribution in [3.05, 3.63) is 24.2 Å². The molecule has 4 heteroatoms. The first-order valence-electron chi connectivity index (χ1n) is 6.52. The van der Waals surface area contributed by atoms with Crippen molar-refractivity contribution in [2.45, 2.75) is 45.1 Å². The van der Waals surface area contributed by atoms with Gasteiger partial charge in [-0.2, -0.15) is 0 Å². The van der Waals surface area contributed by atoms with Gasteiger partial charge in [0.25, 0.3) is 5.91 Å². The predicted octanol–water partition coefficient (Wildman–Crippen LogP) is 2.64. The highest BCUT2D eigenvalue weighted by Crippen LogP contribution is 2.22. The van der Waals surface area contributed by atoms with Gasteiger partial charge in [0.15, 0.2) is 5.76 Å². The third-order valence-electron chi connectivity index (χ3n) is 3.39. The van der Waals surface area contributed by atoms with Gasteiger partial charge >= 0.3 is 0 Å². The van der Waals surface area contributed by atoms with Crippen molar-refractivity contribution in [2.75, 3.05) is 6.54 Å². The lowest BCUT2D eigenvalue weighted by Crippen LogP contribution is -2.40. The first-order chi connectivity index (χ1) is 8.68. The normalized spacial score (nSPS) is 20.5. The Labute approximate surface area is 107 Å². The molecule has 2 rings (SSSR count). The van der Waals surface area contributed by atoms with Gasteiger partial charge in [0.05, 0.1) is 6.26 Å². The Bertz CT molecular complexity index is 411. The highest BCUT2D eigenvalue weighted by Gasteiger charge is 2.28. The largest absolute Gasteiger partial charge is 0.459 e. The fraction of sp³-hybridized carbons (Fsp3) is 0.571. The van der Waals surface area contributed by atoms with Crippen molar-refractivity contribution in [3.8, 4) is 0 Å². The second kappa shape index (κ2) is 5.85. The van der Waals surface area contributed by atoms with Crippen LogP contribution in [0.2, 0.25) is 0 Å². The number of nitrogens with zero attached hydrogens (tertiary/aromatic N) is 1. The van der Waals surface area contributed by atoms with Crippen LogP contribution >= 0.6 is 0 Å². The summed E-state index contributed by atoms with van der Waals surface area (Å²) < 4.78 is 5.17. The predicted molar refractivity (Wildman–Crippen MR) is 67.3 cm³/mol. The van der Waals surface area contributed by atoms with E-state index in [-0.39, 0.29) is 17.7 Å². The summed E-state index contributed by atoms with van der Waals surface area (Å²) in [6, 6.07) is 3.42. The lowest BCUT2D eigenvalue weighted by atomic mass is 10.0. The van der Waals surface area contributed by atoms with Gasteiger partial charge in [0, 0.05) is 19.0 Å². The maximum absolute atomic E-state index is 12.3. The second-order valence-electron chi connectivity index (χ2n) is 4.89. The standard InChI is InChI=1S/C14H19NO3/c1-11(16)10-12-6-3-2-4-8-15(12)14(17)13-7-5-9-18-13/h5,7,9,12H,2-4,6,8,10H2,1H3. The van der Waals surface area contributed by atoms with Gasteiger partial charge in [0.1, 0.15) is 5.78 Å². The van der Waals surface area contributed by atoms with Crippen LogP contribution in [0, 0.1) is 0 Å². The molecule has 0 spiro atoms. The van der Waals surface area contributed by atoms with E-state index in [9.17, 15) is 9.59 Å². The number of amides is 1. The molecule has 0 aromatic carbocycles. The molecule has 1 saturated heterocycles. The average Bonchev–Trinajstić information content (AvgIpc) is 2.76. The van der Waals surface area contributed by atoms with Crippen molar-refractivity contribution in [3.63, 3.8) is 0 Å². The first-order valence-corrected chi connectivity index (χ1v) is 6.52. The fourth-order valence-corrected chi connectivity index (χ4v) is 2.53. The number of carbonyl (C=O) groups excluding carboxylic acids is 2. The van der Waals surface area contributed by atoms with Crippen LogP contribution in [0.15, 0.2) is 22.8 Å². The number of hydrogen-bond acceptors (Lipinski definition) is 3. The quantitative estimate of drug-likeness (QED) is 0.827. The Morgan fingerprint density at radius 3 is 2.89 bits per heavy atom. The molecule has 1 aromatic rings. The molecule has 0 saturated carbocycles. The van der Waals surface area contributed by atoms with Crippen LogP contribution in [0.5, 0.6) is 0 Å². The van der Waals surface area contributed by atoms with E-state index in [1.54, 1.807) is 19.1 Å². The smallest absolute Gasteiger partial charge is 0.289 e. The minimum atomic E-state index is -0.0897. The highest BCUT2D eigenvalue weighted by atomic mass is 16.3. The van der Waals surface area contributed by atoms with Crippen LogP contribution in [0.1, 0.15) is 49.6 Å². The Hall–Kier alpha value is -1.58. The zero-order valence-corrected chi connectivity index (χ0v) is 10.7. The summed E-state index contributed by atoms with van der Waals surface area (Å²) in [5, 5.41) is 0. The topological polar surface area (TPSA) is 50.5 Å². The zero-order chi connectivity index (χ0) is 13.0. The number of ketones is 1. The number of Topliss-reactive ketones (excluding diaryl/α,β-unsaturated/α-hetero) is 1. The molecule has 0 N–H and O–H groups in total. The molecule has 2 heterocycles. The third-order valence-corrected chi connectivity index (χ3v) is 3.39. The van der Waals surface area contributed by atoms with E-state index >= 15 is 0 Å². The Morgan fingerprint density at radius 1 is 1.39 bits per heavy atom. The van der Waals surface area contributed by atoms with Crippen molar-refractivity contribution in [1.82, 2.24) is 4.90 Å². The minimum absolute atomic E-state index is 0.0302. The fourth-order valence-electron chi connectivity index (χ4n) is 2.53. The molecule has 1 aliphatic rings. The van der Waals surface area contributed by atoms with Crippen molar-refractivity contribution in [1.29, 1.82) is 0 Å². The lowest BCUT2D eigenvalue weighted by Gasteiger charge is -2.28. The first kappa shape index (κ1) is 12.9. The number of furan rings is 1. The van der Waals surface area contributed by atoms with E-state index in [0.29, 0.717) is 12.2 Å². The van der Waals surface area contributed by atoms with E-state index in [1.165, 1.54) is 6.26 Å². The number of likely N-dealkylation sites (tertiary alicyclic amines) is 1. The van der Waals surface area contributed by atoms with Gasteiger partial charge in [0.2, 0.25) is 0 Å². The van der Waals surface area contributed by atoms with Crippen molar-refractivity contribution < 1.29 is 14.0 Å². The van der Waals surface area contributed by atoms with Crippen LogP contribution in [0.25, 0.3) is 0 Å². The molecule has 1 unspecified atom stereocenters. The molecule has 0 radical (unpaired) electrons. The number of rotatable bonds is 3. The van der Waals surface area contributed by atoms with Crippen LogP contribution in [-0.4, -0.2) is 29.2 Å². The minimum Gasteiger partial charge on any atom is -0.459 e. The molecule has 18 heavy (non-hydrogen) atoms. The Balaban J connectivity index is 2.14. The van der Waals surface area contributed by atoms with Gasteiger partial charge in [-0.05, 0) is 31.9 Å². The molecular weight excluding hydrogens is 230 g/mol. The van der Waals surface area contributed by atoms with Crippen molar-refractivity contribution in [2.24, 2.45) is 0 Å². The monoisotopic (exact) mass is 249 g/mol. The molecule has 1 fully saturated rings. The summed E-state index contributed by atoms with van der Waals surface area (Å²) in [4.78, 5) is 25.5. The van der Waals surface area contributed by atoms with E-state index in [0.717, 1.165) is 32.2 Å². The molecule has 1 aliphatic heterocycles. The van der Waals surface area contributed by atoms with E-state index in [2.05, 4.69) is 0 Å². The summed E-state index contributed by atoms with van der Waals surface area (Å²) >= 11 is 0. The summed E-state index contributed by atoms with van der Waals surface area (Å²) in [6.07, 6.45) is 6.07. The van der Waals surface area contributed by atoms with Gasteiger partial charge in [-0.1, -0.05) is 12.8 Å². The summed E-state index contributed by atoms with van der Waals surface area (Å²) in [5.74, 6) is 0.415. The highest BCUT2D eigenvalue weighted by molar-refractivity contribution is 5.92. The molecule has 4 nitrogen and oxygen atoms in total.